The second-order valence-electron chi connectivity index (χ2n) is 4.85. The molecular formula is C14H17F2NO2S. The number of thioether (sulfide) groups is 1. The molecule has 2 rings (SSSR count). The molecule has 0 aromatic heterocycles. The standard InChI is InChI=1S/C14H17F2NO2S/c1-9-8-19-10(2)7-17(9)13(18)11-3-5-12(6-4-11)20-14(15)16/h3-6,9-10,14H,7-8H2,1-2H3. The van der Waals surface area contributed by atoms with Crippen LogP contribution in [0.25, 0.3) is 0 Å². The average Bonchev–Trinajstić information content (AvgIpc) is 2.41. The van der Waals surface area contributed by atoms with E-state index in [-0.39, 0.29) is 18.1 Å². The van der Waals surface area contributed by atoms with Gasteiger partial charge in [0, 0.05) is 17.0 Å². The molecule has 1 amide bonds. The van der Waals surface area contributed by atoms with Crippen LogP contribution < -0.4 is 0 Å². The van der Waals surface area contributed by atoms with Gasteiger partial charge in [-0.15, -0.1) is 0 Å². The first-order chi connectivity index (χ1) is 9.47. The maximum Gasteiger partial charge on any atom is 0.288 e. The lowest BCUT2D eigenvalue weighted by molar-refractivity contribution is -0.0387. The Balaban J connectivity index is 2.08. The number of halogens is 2. The Kier molecular flexibility index (Phi) is 4.99. The van der Waals surface area contributed by atoms with Crippen molar-refractivity contribution in [3.8, 4) is 0 Å². The van der Waals surface area contributed by atoms with Crippen molar-refractivity contribution < 1.29 is 18.3 Å². The van der Waals surface area contributed by atoms with E-state index in [0.717, 1.165) is 0 Å². The number of morpholine rings is 1. The van der Waals surface area contributed by atoms with Crippen LogP contribution in [0.4, 0.5) is 8.78 Å². The molecular weight excluding hydrogens is 284 g/mol. The van der Waals surface area contributed by atoms with Crippen LogP contribution >= 0.6 is 11.8 Å². The molecule has 1 aliphatic heterocycles. The molecule has 0 radical (unpaired) electrons. The Bertz CT molecular complexity index is 467. The molecule has 0 bridgehead atoms. The van der Waals surface area contributed by atoms with E-state index in [2.05, 4.69) is 0 Å². The van der Waals surface area contributed by atoms with Crippen molar-refractivity contribution in [2.24, 2.45) is 0 Å². The maximum atomic E-state index is 12.4. The Hall–Kier alpha value is -1.14. The molecule has 0 N–H and O–H groups in total. The summed E-state index contributed by atoms with van der Waals surface area (Å²) in [6, 6.07) is 6.32. The quantitative estimate of drug-likeness (QED) is 0.803. The number of carbonyl (C=O) groups excluding carboxylic acids is 1. The number of ether oxygens (including phenoxy) is 1. The Morgan fingerprint density at radius 1 is 1.35 bits per heavy atom. The number of carbonyl (C=O) groups is 1. The van der Waals surface area contributed by atoms with E-state index in [1.807, 2.05) is 13.8 Å². The molecule has 2 atom stereocenters. The van der Waals surface area contributed by atoms with Gasteiger partial charge in [0.15, 0.2) is 0 Å². The van der Waals surface area contributed by atoms with Crippen LogP contribution in [-0.2, 0) is 4.74 Å². The second kappa shape index (κ2) is 6.54. The maximum absolute atomic E-state index is 12.4. The topological polar surface area (TPSA) is 29.5 Å². The van der Waals surface area contributed by atoms with E-state index in [9.17, 15) is 13.6 Å². The largest absolute Gasteiger partial charge is 0.375 e. The normalized spacial score (nSPS) is 23.1. The average molecular weight is 301 g/mol. The van der Waals surface area contributed by atoms with E-state index >= 15 is 0 Å². The minimum Gasteiger partial charge on any atom is -0.375 e. The third kappa shape index (κ3) is 3.70. The highest BCUT2D eigenvalue weighted by Crippen LogP contribution is 2.25. The van der Waals surface area contributed by atoms with Crippen molar-refractivity contribution in [3.63, 3.8) is 0 Å². The molecule has 1 fully saturated rings. The monoisotopic (exact) mass is 301 g/mol. The van der Waals surface area contributed by atoms with E-state index in [1.54, 1.807) is 29.2 Å². The van der Waals surface area contributed by atoms with Gasteiger partial charge in [-0.25, -0.2) is 0 Å². The zero-order valence-electron chi connectivity index (χ0n) is 11.4. The smallest absolute Gasteiger partial charge is 0.288 e. The zero-order valence-corrected chi connectivity index (χ0v) is 12.2. The third-order valence-corrected chi connectivity index (χ3v) is 3.92. The van der Waals surface area contributed by atoms with E-state index in [4.69, 9.17) is 4.74 Å². The molecule has 1 saturated heterocycles. The summed E-state index contributed by atoms with van der Waals surface area (Å²) in [7, 11) is 0. The van der Waals surface area contributed by atoms with E-state index in [0.29, 0.717) is 35.4 Å². The summed E-state index contributed by atoms with van der Waals surface area (Å²) in [5.41, 5.74) is 0.518. The summed E-state index contributed by atoms with van der Waals surface area (Å²) < 4.78 is 30.0. The molecule has 1 aliphatic rings. The summed E-state index contributed by atoms with van der Waals surface area (Å²) in [5, 5.41) is 0. The molecule has 0 spiro atoms. The summed E-state index contributed by atoms with van der Waals surface area (Å²) in [4.78, 5) is 14.6. The van der Waals surface area contributed by atoms with Gasteiger partial charge in [-0.2, -0.15) is 8.78 Å². The van der Waals surface area contributed by atoms with Crippen LogP contribution in [0, 0.1) is 0 Å². The van der Waals surface area contributed by atoms with Crippen LogP contribution in [0.1, 0.15) is 24.2 Å². The Morgan fingerprint density at radius 3 is 2.60 bits per heavy atom. The van der Waals surface area contributed by atoms with Crippen LogP contribution in [-0.4, -0.2) is 41.9 Å². The molecule has 110 valence electrons. The van der Waals surface area contributed by atoms with Crippen molar-refractivity contribution in [2.45, 2.75) is 36.6 Å². The third-order valence-electron chi connectivity index (χ3n) is 3.20. The second-order valence-corrected chi connectivity index (χ2v) is 5.92. The lowest BCUT2D eigenvalue weighted by Crippen LogP contribution is -2.50. The first kappa shape index (κ1) is 15.3. The summed E-state index contributed by atoms with van der Waals surface area (Å²) in [6.07, 6.45) is 0.0174. The van der Waals surface area contributed by atoms with Crippen molar-refractivity contribution >= 4 is 17.7 Å². The van der Waals surface area contributed by atoms with Crippen molar-refractivity contribution in [1.29, 1.82) is 0 Å². The Morgan fingerprint density at radius 2 is 2.00 bits per heavy atom. The van der Waals surface area contributed by atoms with E-state index < -0.39 is 5.76 Å². The number of amides is 1. The molecule has 1 aromatic rings. The minimum absolute atomic E-state index is 0.0174. The highest BCUT2D eigenvalue weighted by molar-refractivity contribution is 7.99. The van der Waals surface area contributed by atoms with Gasteiger partial charge in [-0.1, -0.05) is 11.8 Å². The molecule has 6 heteroatoms. The summed E-state index contributed by atoms with van der Waals surface area (Å²) in [6.45, 7) is 4.93. The number of alkyl halides is 2. The van der Waals surface area contributed by atoms with Crippen molar-refractivity contribution in [1.82, 2.24) is 4.90 Å². The van der Waals surface area contributed by atoms with Crippen molar-refractivity contribution in [3.05, 3.63) is 29.8 Å². The number of benzene rings is 1. The van der Waals surface area contributed by atoms with Crippen LogP contribution in [0.15, 0.2) is 29.2 Å². The van der Waals surface area contributed by atoms with Gasteiger partial charge in [-0.05, 0) is 38.1 Å². The highest BCUT2D eigenvalue weighted by atomic mass is 32.2. The SMILES string of the molecule is CC1CN(C(=O)c2ccc(SC(F)F)cc2)C(C)CO1. The predicted molar refractivity (Wildman–Crippen MR) is 74.2 cm³/mol. The minimum atomic E-state index is -2.45. The van der Waals surface area contributed by atoms with Gasteiger partial charge in [0.2, 0.25) is 0 Å². The molecule has 0 aliphatic carbocycles. The number of hydrogen-bond acceptors (Lipinski definition) is 3. The molecule has 1 aromatic carbocycles. The van der Waals surface area contributed by atoms with Crippen LogP contribution in [0.5, 0.6) is 0 Å². The number of hydrogen-bond donors (Lipinski definition) is 0. The van der Waals surface area contributed by atoms with Gasteiger partial charge in [0.25, 0.3) is 11.7 Å². The van der Waals surface area contributed by atoms with Gasteiger partial charge < -0.3 is 9.64 Å². The van der Waals surface area contributed by atoms with Crippen LogP contribution in [0.2, 0.25) is 0 Å². The molecule has 2 unspecified atom stereocenters. The lowest BCUT2D eigenvalue weighted by atomic mass is 10.1. The highest BCUT2D eigenvalue weighted by Gasteiger charge is 2.28. The fourth-order valence-electron chi connectivity index (χ4n) is 2.13. The molecule has 0 saturated carbocycles. The number of rotatable bonds is 3. The fourth-order valence-corrected chi connectivity index (χ4v) is 2.63. The number of nitrogens with zero attached hydrogens (tertiary/aromatic N) is 1. The first-order valence-electron chi connectivity index (χ1n) is 6.45. The fraction of sp³-hybridized carbons (Fsp3) is 0.500. The van der Waals surface area contributed by atoms with Gasteiger partial charge in [-0.3, -0.25) is 4.79 Å². The Labute approximate surface area is 121 Å². The molecule has 1 heterocycles. The molecule has 20 heavy (non-hydrogen) atoms. The zero-order chi connectivity index (χ0) is 14.7. The van der Waals surface area contributed by atoms with E-state index in [1.165, 1.54) is 0 Å². The molecule has 3 nitrogen and oxygen atoms in total. The van der Waals surface area contributed by atoms with Crippen molar-refractivity contribution in [2.75, 3.05) is 13.2 Å². The van der Waals surface area contributed by atoms with Crippen LogP contribution in [0.3, 0.4) is 0 Å². The first-order valence-corrected chi connectivity index (χ1v) is 7.33. The van der Waals surface area contributed by atoms with Gasteiger partial charge in [0.1, 0.15) is 0 Å². The predicted octanol–water partition coefficient (Wildman–Crippen LogP) is 3.25. The van der Waals surface area contributed by atoms with Gasteiger partial charge in [0.05, 0.1) is 18.8 Å². The van der Waals surface area contributed by atoms with Gasteiger partial charge >= 0.3 is 0 Å². The summed E-state index contributed by atoms with van der Waals surface area (Å²) in [5.74, 6) is -2.53. The summed E-state index contributed by atoms with van der Waals surface area (Å²) >= 11 is 0.477. The lowest BCUT2D eigenvalue weighted by Gasteiger charge is -2.36.